The molecule has 102 valence electrons. The zero-order valence-corrected chi connectivity index (χ0v) is 12.6. The summed E-state index contributed by atoms with van der Waals surface area (Å²) in [6, 6.07) is 4.98. The third kappa shape index (κ3) is 4.27. The second-order valence-electron chi connectivity index (χ2n) is 4.17. The molecule has 0 aliphatic rings. The molecule has 1 aromatic carbocycles. The predicted octanol–water partition coefficient (Wildman–Crippen LogP) is 1.77. The van der Waals surface area contributed by atoms with Gasteiger partial charge in [-0.15, -0.1) is 12.3 Å². The lowest BCUT2D eigenvalue weighted by atomic mass is 10.1. The van der Waals surface area contributed by atoms with Crippen molar-refractivity contribution in [3.8, 4) is 18.1 Å². The summed E-state index contributed by atoms with van der Waals surface area (Å²) in [5.74, 6) is 2.94. The predicted molar refractivity (Wildman–Crippen MR) is 78.6 cm³/mol. The molecule has 1 atom stereocenters. The minimum atomic E-state index is -0.659. The fourth-order valence-corrected chi connectivity index (χ4v) is 2.11. The third-order valence-corrected chi connectivity index (χ3v) is 3.17. The van der Waals surface area contributed by atoms with Gasteiger partial charge in [-0.1, -0.05) is 15.9 Å². The molecule has 0 fully saturated rings. The van der Waals surface area contributed by atoms with Crippen molar-refractivity contribution in [2.45, 2.75) is 19.0 Å². The SMILES string of the molecule is C#CCC(N)C(=O)N(C)Cc1cc(Br)ccc1OC. The molecule has 0 aliphatic carbocycles. The molecule has 0 spiro atoms. The number of carbonyl (C=O) groups excluding carboxylic acids is 1. The van der Waals surface area contributed by atoms with Crippen LogP contribution in [0.2, 0.25) is 0 Å². The molecule has 0 bridgehead atoms. The molecule has 0 radical (unpaired) electrons. The zero-order valence-electron chi connectivity index (χ0n) is 11.0. The normalized spacial score (nSPS) is 11.5. The van der Waals surface area contributed by atoms with Gasteiger partial charge in [0.1, 0.15) is 5.75 Å². The molecule has 2 N–H and O–H groups in total. The summed E-state index contributed by atoms with van der Waals surface area (Å²) in [5.41, 5.74) is 6.61. The number of terminal acetylenes is 1. The van der Waals surface area contributed by atoms with Gasteiger partial charge in [0.2, 0.25) is 5.91 Å². The van der Waals surface area contributed by atoms with Crippen molar-refractivity contribution in [2.75, 3.05) is 14.2 Å². The molecule has 5 heteroatoms. The third-order valence-electron chi connectivity index (χ3n) is 2.68. The van der Waals surface area contributed by atoms with E-state index in [0.717, 1.165) is 15.8 Å². The lowest BCUT2D eigenvalue weighted by Gasteiger charge is -2.21. The van der Waals surface area contributed by atoms with Crippen LogP contribution in [0.4, 0.5) is 0 Å². The Morgan fingerprint density at radius 3 is 2.89 bits per heavy atom. The van der Waals surface area contributed by atoms with Gasteiger partial charge in [-0.3, -0.25) is 4.79 Å². The molecule has 1 unspecified atom stereocenters. The van der Waals surface area contributed by atoms with Gasteiger partial charge in [0.05, 0.1) is 13.2 Å². The monoisotopic (exact) mass is 324 g/mol. The standard InChI is InChI=1S/C14H17BrN2O2/c1-4-5-12(16)14(18)17(2)9-10-8-11(15)6-7-13(10)19-3/h1,6-8,12H,5,9,16H2,2-3H3. The van der Waals surface area contributed by atoms with Gasteiger partial charge >= 0.3 is 0 Å². The average molecular weight is 325 g/mol. The van der Waals surface area contributed by atoms with E-state index < -0.39 is 6.04 Å². The van der Waals surface area contributed by atoms with Gasteiger partial charge in [0.25, 0.3) is 0 Å². The van der Waals surface area contributed by atoms with Crippen molar-refractivity contribution in [1.29, 1.82) is 0 Å². The quantitative estimate of drug-likeness (QED) is 0.840. The number of ether oxygens (including phenoxy) is 1. The summed E-state index contributed by atoms with van der Waals surface area (Å²) in [6.07, 6.45) is 5.39. The number of methoxy groups -OCH3 is 1. The maximum absolute atomic E-state index is 12.0. The fourth-order valence-electron chi connectivity index (χ4n) is 1.70. The first-order valence-corrected chi connectivity index (χ1v) is 6.55. The first-order chi connectivity index (χ1) is 8.99. The summed E-state index contributed by atoms with van der Waals surface area (Å²) in [5, 5.41) is 0. The number of halogens is 1. The van der Waals surface area contributed by atoms with Crippen LogP contribution >= 0.6 is 15.9 Å². The molecule has 4 nitrogen and oxygen atoms in total. The number of likely N-dealkylation sites (N-methyl/N-ethyl adjacent to an activating group) is 1. The largest absolute Gasteiger partial charge is 0.496 e. The first-order valence-electron chi connectivity index (χ1n) is 5.76. The van der Waals surface area contributed by atoms with E-state index in [1.165, 1.54) is 0 Å². The van der Waals surface area contributed by atoms with Crippen LogP contribution in [-0.2, 0) is 11.3 Å². The highest BCUT2D eigenvalue weighted by Crippen LogP contribution is 2.24. The number of hydrogen-bond donors (Lipinski definition) is 1. The summed E-state index contributed by atoms with van der Waals surface area (Å²) >= 11 is 3.40. The van der Waals surface area contributed by atoms with Gasteiger partial charge in [-0.2, -0.15) is 0 Å². The van der Waals surface area contributed by atoms with Gasteiger partial charge in [0, 0.05) is 30.0 Å². The smallest absolute Gasteiger partial charge is 0.240 e. The van der Waals surface area contributed by atoms with Crippen LogP contribution in [0.3, 0.4) is 0 Å². The van der Waals surface area contributed by atoms with Gasteiger partial charge in [-0.05, 0) is 18.2 Å². The topological polar surface area (TPSA) is 55.6 Å². The number of hydrogen-bond acceptors (Lipinski definition) is 3. The Morgan fingerprint density at radius 1 is 1.63 bits per heavy atom. The highest BCUT2D eigenvalue weighted by molar-refractivity contribution is 9.10. The molecule has 0 aromatic heterocycles. The summed E-state index contributed by atoms with van der Waals surface area (Å²) in [4.78, 5) is 13.5. The number of amides is 1. The first kappa shape index (κ1) is 15.5. The number of carbonyl (C=O) groups is 1. The van der Waals surface area contributed by atoms with Crippen molar-refractivity contribution in [3.05, 3.63) is 28.2 Å². The lowest BCUT2D eigenvalue weighted by molar-refractivity contribution is -0.131. The number of rotatable bonds is 5. The zero-order chi connectivity index (χ0) is 14.4. The van der Waals surface area contributed by atoms with Crippen LogP contribution in [0, 0.1) is 12.3 Å². The minimum absolute atomic E-state index is 0.181. The van der Waals surface area contributed by atoms with Crippen LogP contribution in [0.5, 0.6) is 5.75 Å². The van der Waals surface area contributed by atoms with Gasteiger partial charge < -0.3 is 15.4 Å². The van der Waals surface area contributed by atoms with Crippen molar-refractivity contribution in [2.24, 2.45) is 5.73 Å². The van der Waals surface area contributed by atoms with E-state index in [1.54, 1.807) is 19.1 Å². The van der Waals surface area contributed by atoms with Crippen LogP contribution in [-0.4, -0.2) is 31.0 Å². The number of nitrogens with zero attached hydrogens (tertiary/aromatic N) is 1. The highest BCUT2D eigenvalue weighted by Gasteiger charge is 2.18. The molecular weight excluding hydrogens is 308 g/mol. The van der Waals surface area contributed by atoms with Crippen LogP contribution in [0.15, 0.2) is 22.7 Å². The number of nitrogens with two attached hydrogens (primary N) is 1. The second-order valence-corrected chi connectivity index (χ2v) is 5.08. The Balaban J connectivity index is 2.82. The van der Waals surface area contributed by atoms with Crippen LogP contribution in [0.1, 0.15) is 12.0 Å². The van der Waals surface area contributed by atoms with Crippen LogP contribution in [0.25, 0.3) is 0 Å². The molecule has 1 rings (SSSR count). The highest BCUT2D eigenvalue weighted by atomic mass is 79.9. The maximum atomic E-state index is 12.0. The molecule has 1 aromatic rings. The fraction of sp³-hybridized carbons (Fsp3) is 0.357. The van der Waals surface area contributed by atoms with E-state index >= 15 is 0 Å². The molecule has 0 saturated carbocycles. The van der Waals surface area contributed by atoms with Crippen molar-refractivity contribution >= 4 is 21.8 Å². The second kappa shape index (κ2) is 7.17. The van der Waals surface area contributed by atoms with E-state index in [4.69, 9.17) is 16.9 Å². The van der Waals surface area contributed by atoms with Crippen molar-refractivity contribution in [1.82, 2.24) is 4.90 Å². The molecule has 19 heavy (non-hydrogen) atoms. The Bertz CT molecular complexity index is 497. The average Bonchev–Trinajstić information content (AvgIpc) is 2.38. The van der Waals surface area contributed by atoms with E-state index in [9.17, 15) is 4.79 Å². The van der Waals surface area contributed by atoms with Gasteiger partial charge in [0.15, 0.2) is 0 Å². The molecule has 0 heterocycles. The Hall–Kier alpha value is -1.51. The summed E-state index contributed by atoms with van der Waals surface area (Å²) in [7, 11) is 3.29. The molecule has 1 amide bonds. The summed E-state index contributed by atoms with van der Waals surface area (Å²) < 4.78 is 6.19. The van der Waals surface area contributed by atoms with Crippen molar-refractivity contribution in [3.63, 3.8) is 0 Å². The van der Waals surface area contributed by atoms with E-state index in [0.29, 0.717) is 6.54 Å². The minimum Gasteiger partial charge on any atom is -0.496 e. The summed E-state index contributed by atoms with van der Waals surface area (Å²) in [6.45, 7) is 0.416. The Kier molecular flexibility index (Phi) is 5.87. The molecule has 0 saturated heterocycles. The van der Waals surface area contributed by atoms with E-state index in [-0.39, 0.29) is 12.3 Å². The lowest BCUT2D eigenvalue weighted by Crippen LogP contribution is -2.41. The Labute approximate surface area is 122 Å². The van der Waals surface area contributed by atoms with Crippen molar-refractivity contribution < 1.29 is 9.53 Å². The Morgan fingerprint density at radius 2 is 2.32 bits per heavy atom. The van der Waals surface area contributed by atoms with E-state index in [1.807, 2.05) is 18.2 Å². The number of benzene rings is 1. The maximum Gasteiger partial charge on any atom is 0.240 e. The van der Waals surface area contributed by atoms with Gasteiger partial charge in [-0.25, -0.2) is 0 Å². The van der Waals surface area contributed by atoms with E-state index in [2.05, 4.69) is 21.9 Å². The van der Waals surface area contributed by atoms with Crippen LogP contribution < -0.4 is 10.5 Å². The molecular formula is C14H17BrN2O2. The molecule has 0 aliphatic heterocycles.